The van der Waals surface area contributed by atoms with E-state index >= 15 is 0 Å². The molecule has 8 heteroatoms. The average Bonchev–Trinajstić information content (AvgIpc) is 2.99. The lowest BCUT2D eigenvalue weighted by Crippen LogP contribution is -2.46. The number of aromatic nitrogens is 1. The Bertz CT molecular complexity index is 1070. The maximum Gasteiger partial charge on any atom is 0.332 e. The van der Waals surface area contributed by atoms with Gasteiger partial charge in [-0.15, -0.1) is 0 Å². The topological polar surface area (TPSA) is 91.9 Å². The minimum Gasteiger partial charge on any atom is -0.479 e. The number of hydrogen-bond acceptors (Lipinski definition) is 4. The van der Waals surface area contributed by atoms with Crippen LogP contribution in [0.1, 0.15) is 17.3 Å². The van der Waals surface area contributed by atoms with Crippen LogP contribution < -0.4 is 4.80 Å². The van der Waals surface area contributed by atoms with Crippen LogP contribution in [0.4, 0.5) is 0 Å². The van der Waals surface area contributed by atoms with E-state index in [-0.39, 0.29) is 4.80 Å². The average molecular weight is 391 g/mol. The van der Waals surface area contributed by atoms with Gasteiger partial charge in [0.2, 0.25) is 0 Å². The van der Waals surface area contributed by atoms with Crippen LogP contribution in [0.15, 0.2) is 53.5 Å². The summed E-state index contributed by atoms with van der Waals surface area (Å²) >= 11 is 7.10. The maximum absolute atomic E-state index is 12.5. The van der Waals surface area contributed by atoms with E-state index < -0.39 is 24.0 Å². The standard InChI is InChI=1S/C18H15ClN2O4S/c1-18(10-22,16(24)25)21-13-7-2-3-8-14(13)26-17(21)20-15(23)11-5-4-6-12(19)9-11/h2-9,22H,10H2,1H3,(H,24,25). The molecule has 0 saturated carbocycles. The van der Waals surface area contributed by atoms with Crippen LogP contribution in [0, 0.1) is 0 Å². The summed E-state index contributed by atoms with van der Waals surface area (Å²) in [6, 6.07) is 13.5. The van der Waals surface area contributed by atoms with Gasteiger partial charge in [0.1, 0.15) is 0 Å². The Morgan fingerprint density at radius 2 is 1.96 bits per heavy atom. The molecule has 26 heavy (non-hydrogen) atoms. The highest BCUT2D eigenvalue weighted by Gasteiger charge is 2.37. The van der Waals surface area contributed by atoms with Crippen LogP contribution in [-0.2, 0) is 10.3 Å². The summed E-state index contributed by atoms with van der Waals surface area (Å²) in [7, 11) is 0. The van der Waals surface area contributed by atoms with Crippen molar-refractivity contribution in [2.24, 2.45) is 4.99 Å². The van der Waals surface area contributed by atoms with Crippen molar-refractivity contribution in [2.45, 2.75) is 12.5 Å². The maximum atomic E-state index is 12.5. The summed E-state index contributed by atoms with van der Waals surface area (Å²) in [5.74, 6) is -1.77. The molecule has 2 aromatic carbocycles. The number of thiazole rings is 1. The Morgan fingerprint density at radius 1 is 1.23 bits per heavy atom. The molecule has 134 valence electrons. The number of aliphatic hydroxyl groups is 1. The molecule has 2 N–H and O–H groups in total. The molecule has 1 amide bonds. The molecule has 3 rings (SSSR count). The lowest BCUT2D eigenvalue weighted by molar-refractivity contribution is -0.148. The van der Waals surface area contributed by atoms with Crippen molar-refractivity contribution in [3.8, 4) is 0 Å². The zero-order valence-corrected chi connectivity index (χ0v) is 15.3. The molecule has 1 atom stereocenters. The zero-order chi connectivity index (χ0) is 18.9. The lowest BCUT2D eigenvalue weighted by Gasteiger charge is -2.25. The number of carboxylic acids is 1. The number of fused-ring (bicyclic) bond motifs is 1. The number of benzene rings is 2. The Labute approximate surface area is 157 Å². The summed E-state index contributed by atoms with van der Waals surface area (Å²) in [5.41, 5.74) is -0.788. The van der Waals surface area contributed by atoms with E-state index in [0.717, 1.165) is 4.70 Å². The van der Waals surface area contributed by atoms with Gasteiger partial charge in [0.15, 0.2) is 10.3 Å². The highest BCUT2D eigenvalue weighted by Crippen LogP contribution is 2.24. The van der Waals surface area contributed by atoms with Crippen molar-refractivity contribution >= 4 is 45.0 Å². The van der Waals surface area contributed by atoms with Crippen LogP contribution in [-0.4, -0.2) is 33.3 Å². The minimum atomic E-state index is -1.66. The van der Waals surface area contributed by atoms with Crippen molar-refractivity contribution in [1.82, 2.24) is 4.57 Å². The SMILES string of the molecule is CC(CO)(C(=O)O)n1c(=NC(=O)c2cccc(Cl)c2)sc2ccccc21. The van der Waals surface area contributed by atoms with Crippen LogP contribution in [0.3, 0.4) is 0 Å². The number of carbonyl (C=O) groups excluding carboxylic acids is 1. The van der Waals surface area contributed by atoms with Crippen molar-refractivity contribution in [1.29, 1.82) is 0 Å². The third-order valence-electron chi connectivity index (χ3n) is 4.03. The van der Waals surface area contributed by atoms with E-state index in [4.69, 9.17) is 11.6 Å². The first kappa shape index (κ1) is 18.3. The van der Waals surface area contributed by atoms with Gasteiger partial charge in [-0.3, -0.25) is 9.36 Å². The van der Waals surface area contributed by atoms with E-state index in [1.54, 1.807) is 36.4 Å². The number of aliphatic carboxylic acids is 1. The van der Waals surface area contributed by atoms with E-state index in [2.05, 4.69) is 4.99 Å². The summed E-state index contributed by atoms with van der Waals surface area (Å²) in [4.78, 5) is 28.7. The first-order valence-corrected chi connectivity index (χ1v) is 8.86. The second-order valence-electron chi connectivity index (χ2n) is 5.85. The van der Waals surface area contributed by atoms with Gasteiger partial charge < -0.3 is 10.2 Å². The van der Waals surface area contributed by atoms with E-state index in [1.807, 2.05) is 6.07 Å². The Balaban J connectivity index is 2.28. The highest BCUT2D eigenvalue weighted by molar-refractivity contribution is 7.16. The number of nitrogens with zero attached hydrogens (tertiary/aromatic N) is 2. The predicted molar refractivity (Wildman–Crippen MR) is 99.5 cm³/mol. The Hall–Kier alpha value is -2.48. The van der Waals surface area contributed by atoms with Crippen LogP contribution in [0.2, 0.25) is 5.02 Å². The molecule has 1 heterocycles. The molecule has 0 spiro atoms. The van der Waals surface area contributed by atoms with Gasteiger partial charge in [0, 0.05) is 10.6 Å². The van der Waals surface area contributed by atoms with E-state index in [9.17, 15) is 19.8 Å². The molecular weight excluding hydrogens is 376 g/mol. The van der Waals surface area contributed by atoms with Gasteiger partial charge in [-0.25, -0.2) is 4.79 Å². The second kappa shape index (κ2) is 7.03. The van der Waals surface area contributed by atoms with Gasteiger partial charge >= 0.3 is 5.97 Å². The zero-order valence-electron chi connectivity index (χ0n) is 13.7. The summed E-state index contributed by atoms with van der Waals surface area (Å²) in [6.45, 7) is 0.735. The fourth-order valence-electron chi connectivity index (χ4n) is 2.53. The number of aliphatic hydroxyl groups excluding tert-OH is 1. The Morgan fingerprint density at radius 3 is 2.62 bits per heavy atom. The molecule has 0 saturated heterocycles. The monoisotopic (exact) mass is 390 g/mol. The fraction of sp³-hybridized carbons (Fsp3) is 0.167. The molecule has 0 fully saturated rings. The number of rotatable bonds is 4. The van der Waals surface area contributed by atoms with Crippen LogP contribution >= 0.6 is 22.9 Å². The molecule has 0 aliphatic carbocycles. The van der Waals surface area contributed by atoms with Gasteiger partial charge in [-0.1, -0.05) is 41.1 Å². The summed E-state index contributed by atoms with van der Waals surface area (Å²) < 4.78 is 2.14. The first-order valence-electron chi connectivity index (χ1n) is 7.67. The van der Waals surface area contributed by atoms with Gasteiger partial charge in [0.25, 0.3) is 5.91 Å². The van der Waals surface area contributed by atoms with Crippen molar-refractivity contribution in [3.05, 3.63) is 63.9 Å². The number of halogens is 1. The van der Waals surface area contributed by atoms with E-state index in [1.165, 1.54) is 28.9 Å². The molecule has 0 bridgehead atoms. The lowest BCUT2D eigenvalue weighted by atomic mass is 10.0. The number of hydrogen-bond donors (Lipinski definition) is 2. The van der Waals surface area contributed by atoms with Crippen LogP contribution in [0.25, 0.3) is 10.2 Å². The molecule has 0 aliphatic heterocycles. The summed E-state index contributed by atoms with van der Waals surface area (Å²) in [6.07, 6.45) is 0. The molecule has 6 nitrogen and oxygen atoms in total. The minimum absolute atomic E-state index is 0.190. The number of para-hydroxylation sites is 1. The predicted octanol–water partition coefficient (Wildman–Crippen LogP) is 2.89. The highest BCUT2D eigenvalue weighted by atomic mass is 35.5. The number of carbonyl (C=O) groups is 2. The quantitative estimate of drug-likeness (QED) is 0.716. The molecular formula is C18H15ClN2O4S. The third kappa shape index (κ3) is 3.16. The summed E-state index contributed by atoms with van der Waals surface area (Å²) in [5, 5.41) is 19.8. The molecule has 3 aromatic rings. The smallest absolute Gasteiger partial charge is 0.332 e. The Kier molecular flexibility index (Phi) is 4.95. The molecule has 1 unspecified atom stereocenters. The number of carboxylic acid groups (broad SMARTS) is 1. The number of amides is 1. The van der Waals surface area contributed by atoms with Crippen molar-refractivity contribution in [3.63, 3.8) is 0 Å². The molecule has 0 aliphatic rings. The third-order valence-corrected chi connectivity index (χ3v) is 5.29. The van der Waals surface area contributed by atoms with Crippen LogP contribution in [0.5, 0.6) is 0 Å². The first-order chi connectivity index (χ1) is 12.4. The van der Waals surface area contributed by atoms with Gasteiger partial charge in [-0.05, 0) is 37.3 Å². The van der Waals surface area contributed by atoms with Gasteiger partial charge in [-0.2, -0.15) is 4.99 Å². The van der Waals surface area contributed by atoms with Crippen molar-refractivity contribution < 1.29 is 19.8 Å². The fourth-order valence-corrected chi connectivity index (χ4v) is 3.85. The normalized spacial score (nSPS) is 14.3. The molecule has 1 aromatic heterocycles. The largest absolute Gasteiger partial charge is 0.479 e. The van der Waals surface area contributed by atoms with E-state index in [0.29, 0.717) is 16.1 Å². The van der Waals surface area contributed by atoms with Gasteiger partial charge in [0.05, 0.1) is 16.8 Å². The van der Waals surface area contributed by atoms with Crippen molar-refractivity contribution in [2.75, 3.05) is 6.61 Å². The molecule has 0 radical (unpaired) electrons. The second-order valence-corrected chi connectivity index (χ2v) is 7.30.